The van der Waals surface area contributed by atoms with E-state index in [0.29, 0.717) is 6.61 Å². The van der Waals surface area contributed by atoms with Crippen molar-refractivity contribution in [1.82, 2.24) is 9.97 Å². The van der Waals surface area contributed by atoms with Gasteiger partial charge >= 0.3 is 5.97 Å². The van der Waals surface area contributed by atoms with Crippen LogP contribution in [-0.4, -0.2) is 34.8 Å². The molecule has 0 N–H and O–H groups in total. The van der Waals surface area contributed by atoms with Crippen molar-refractivity contribution in [3.05, 3.63) is 48.3 Å². The van der Waals surface area contributed by atoms with Crippen LogP contribution in [0.3, 0.4) is 0 Å². The Morgan fingerprint density at radius 1 is 1.12 bits per heavy atom. The molecule has 0 bridgehead atoms. The summed E-state index contributed by atoms with van der Waals surface area (Å²) in [5.41, 5.74) is 0.991. The maximum atomic E-state index is 11.9. The van der Waals surface area contributed by atoms with E-state index >= 15 is 0 Å². The number of rotatable bonds is 6. The van der Waals surface area contributed by atoms with E-state index in [4.69, 9.17) is 4.74 Å². The molecule has 0 spiro atoms. The second kappa shape index (κ2) is 8.68. The maximum absolute atomic E-state index is 11.9. The van der Waals surface area contributed by atoms with Gasteiger partial charge in [-0.15, -0.1) is 0 Å². The summed E-state index contributed by atoms with van der Waals surface area (Å²) in [6, 6.07) is 11.6. The van der Waals surface area contributed by atoms with Crippen LogP contribution in [0.4, 0.5) is 5.82 Å². The Morgan fingerprint density at radius 2 is 1.92 bits per heavy atom. The molecule has 5 nitrogen and oxygen atoms in total. The molecule has 0 unspecified atom stereocenters. The highest BCUT2D eigenvalue weighted by molar-refractivity contribution is 7.99. The van der Waals surface area contributed by atoms with Crippen molar-refractivity contribution in [2.45, 2.75) is 30.9 Å². The van der Waals surface area contributed by atoms with Gasteiger partial charge in [0, 0.05) is 19.2 Å². The molecule has 126 valence electrons. The standard InChI is InChI=1S/C18H21N3O2S/c22-18(23-12-15-7-3-1-4-8-15)13-24-17-11-16(19-14-20-17)21-9-5-2-6-10-21/h1,3-4,7-8,11,14H,2,5-6,9-10,12-13H2. The van der Waals surface area contributed by atoms with Gasteiger partial charge in [-0.2, -0.15) is 0 Å². The van der Waals surface area contributed by atoms with Gasteiger partial charge in [0.1, 0.15) is 23.8 Å². The third kappa shape index (κ3) is 4.96. The van der Waals surface area contributed by atoms with E-state index in [1.807, 2.05) is 36.4 Å². The Morgan fingerprint density at radius 3 is 2.71 bits per heavy atom. The predicted octanol–water partition coefficient (Wildman–Crippen LogP) is 3.30. The number of hydrogen-bond acceptors (Lipinski definition) is 6. The molecule has 1 aromatic carbocycles. The molecule has 0 amide bonds. The summed E-state index contributed by atoms with van der Waals surface area (Å²) in [6.07, 6.45) is 5.27. The number of benzene rings is 1. The van der Waals surface area contributed by atoms with Crippen molar-refractivity contribution < 1.29 is 9.53 Å². The van der Waals surface area contributed by atoms with Gasteiger partial charge in [0.25, 0.3) is 0 Å². The number of hydrogen-bond donors (Lipinski definition) is 0. The summed E-state index contributed by atoms with van der Waals surface area (Å²) in [5.74, 6) is 0.968. The van der Waals surface area contributed by atoms with Crippen molar-refractivity contribution in [1.29, 1.82) is 0 Å². The Kier molecular flexibility index (Phi) is 6.07. The fraction of sp³-hybridized carbons (Fsp3) is 0.389. The average molecular weight is 343 g/mol. The fourth-order valence-corrected chi connectivity index (χ4v) is 3.28. The number of thioether (sulfide) groups is 1. The minimum atomic E-state index is -0.234. The van der Waals surface area contributed by atoms with Crippen LogP contribution in [0.25, 0.3) is 0 Å². The highest BCUT2D eigenvalue weighted by atomic mass is 32.2. The Hall–Kier alpha value is -2.08. The highest BCUT2D eigenvalue weighted by Crippen LogP contribution is 2.22. The largest absolute Gasteiger partial charge is 0.460 e. The third-order valence-corrected chi connectivity index (χ3v) is 4.79. The van der Waals surface area contributed by atoms with Crippen LogP contribution in [0, 0.1) is 0 Å². The summed E-state index contributed by atoms with van der Waals surface area (Å²) >= 11 is 1.39. The summed E-state index contributed by atoms with van der Waals surface area (Å²) in [4.78, 5) is 22.8. The fourth-order valence-electron chi connectivity index (χ4n) is 2.62. The lowest BCUT2D eigenvalue weighted by atomic mass is 10.1. The van der Waals surface area contributed by atoms with Crippen molar-refractivity contribution in [2.75, 3.05) is 23.7 Å². The molecule has 1 aliphatic heterocycles. The first-order chi connectivity index (χ1) is 11.8. The first kappa shape index (κ1) is 16.8. The van der Waals surface area contributed by atoms with Crippen molar-refractivity contribution in [2.24, 2.45) is 0 Å². The molecule has 24 heavy (non-hydrogen) atoms. The predicted molar refractivity (Wildman–Crippen MR) is 95.1 cm³/mol. The number of aromatic nitrogens is 2. The third-order valence-electron chi connectivity index (χ3n) is 3.89. The van der Waals surface area contributed by atoms with Gasteiger partial charge in [0.2, 0.25) is 0 Å². The van der Waals surface area contributed by atoms with Crippen LogP contribution < -0.4 is 4.90 Å². The number of nitrogens with zero attached hydrogens (tertiary/aromatic N) is 3. The molecule has 0 radical (unpaired) electrons. The van der Waals surface area contributed by atoms with E-state index in [0.717, 1.165) is 29.5 Å². The first-order valence-electron chi connectivity index (χ1n) is 8.20. The molecule has 1 saturated heterocycles. The number of piperidine rings is 1. The van der Waals surface area contributed by atoms with Crippen LogP contribution in [-0.2, 0) is 16.1 Å². The van der Waals surface area contributed by atoms with E-state index in [1.54, 1.807) is 6.33 Å². The van der Waals surface area contributed by atoms with Crippen LogP contribution in [0.2, 0.25) is 0 Å². The summed E-state index contributed by atoms with van der Waals surface area (Å²) in [7, 11) is 0. The quantitative estimate of drug-likeness (QED) is 0.456. The highest BCUT2D eigenvalue weighted by Gasteiger charge is 2.13. The number of ether oxygens (including phenoxy) is 1. The lowest BCUT2D eigenvalue weighted by Crippen LogP contribution is -2.30. The topological polar surface area (TPSA) is 55.3 Å². The zero-order valence-electron chi connectivity index (χ0n) is 13.6. The SMILES string of the molecule is O=C(CSc1cc(N2CCCCC2)ncn1)OCc1ccccc1. The molecule has 0 aliphatic carbocycles. The van der Waals surface area contributed by atoms with Crippen molar-refractivity contribution >= 4 is 23.5 Å². The number of esters is 1. The van der Waals surface area contributed by atoms with E-state index in [1.165, 1.54) is 31.0 Å². The summed E-state index contributed by atoms with van der Waals surface area (Å²) < 4.78 is 5.28. The van der Waals surface area contributed by atoms with Gasteiger partial charge < -0.3 is 9.64 Å². The maximum Gasteiger partial charge on any atom is 0.316 e. The van der Waals surface area contributed by atoms with E-state index in [9.17, 15) is 4.79 Å². The molecule has 1 aromatic heterocycles. The molecule has 2 aromatic rings. The van der Waals surface area contributed by atoms with Gasteiger partial charge in [-0.25, -0.2) is 9.97 Å². The van der Waals surface area contributed by atoms with Crippen molar-refractivity contribution in [3.63, 3.8) is 0 Å². The number of carbonyl (C=O) groups excluding carboxylic acids is 1. The Labute approximate surface area is 146 Å². The minimum absolute atomic E-state index is 0.234. The van der Waals surface area contributed by atoms with Crippen molar-refractivity contribution in [3.8, 4) is 0 Å². The normalized spacial score (nSPS) is 14.4. The second-order valence-corrected chi connectivity index (χ2v) is 6.69. The van der Waals surface area contributed by atoms with Gasteiger partial charge in [-0.3, -0.25) is 4.79 Å². The molecule has 3 rings (SSSR count). The number of anilines is 1. The Bertz CT molecular complexity index is 660. The monoisotopic (exact) mass is 343 g/mol. The molecule has 0 atom stereocenters. The molecular formula is C18H21N3O2S. The van der Waals surface area contributed by atoms with E-state index < -0.39 is 0 Å². The van der Waals surface area contributed by atoms with Gasteiger partial charge in [0.15, 0.2) is 0 Å². The summed E-state index contributed by atoms with van der Waals surface area (Å²) in [6.45, 7) is 2.39. The molecule has 1 aliphatic rings. The zero-order chi connectivity index (χ0) is 16.6. The second-order valence-electron chi connectivity index (χ2n) is 5.70. The van der Waals surface area contributed by atoms with Gasteiger partial charge in [-0.1, -0.05) is 42.1 Å². The molecule has 0 saturated carbocycles. The lowest BCUT2D eigenvalue weighted by Gasteiger charge is -2.27. The number of carbonyl (C=O) groups is 1. The van der Waals surface area contributed by atoms with E-state index in [-0.39, 0.29) is 11.7 Å². The minimum Gasteiger partial charge on any atom is -0.460 e. The summed E-state index contributed by atoms with van der Waals surface area (Å²) in [5, 5.41) is 0.808. The molecule has 1 fully saturated rings. The van der Waals surface area contributed by atoms with Crippen LogP contribution in [0.5, 0.6) is 0 Å². The molecule has 6 heteroatoms. The lowest BCUT2D eigenvalue weighted by molar-refractivity contribution is -0.141. The van der Waals surface area contributed by atoms with Gasteiger partial charge in [-0.05, 0) is 24.8 Å². The van der Waals surface area contributed by atoms with E-state index in [2.05, 4.69) is 14.9 Å². The molecular weight excluding hydrogens is 322 g/mol. The first-order valence-corrected chi connectivity index (χ1v) is 9.19. The average Bonchev–Trinajstić information content (AvgIpc) is 2.66. The zero-order valence-corrected chi connectivity index (χ0v) is 14.4. The van der Waals surface area contributed by atoms with Crippen LogP contribution in [0.1, 0.15) is 24.8 Å². The Balaban J connectivity index is 1.48. The molecule has 2 heterocycles. The smallest absolute Gasteiger partial charge is 0.316 e. The van der Waals surface area contributed by atoms with Gasteiger partial charge in [0.05, 0.1) is 5.75 Å². The van der Waals surface area contributed by atoms with Crippen LogP contribution >= 0.6 is 11.8 Å². The van der Waals surface area contributed by atoms with Crippen LogP contribution in [0.15, 0.2) is 47.8 Å².